The maximum absolute atomic E-state index is 10.7. The standard InChI is InChI=1S/C11H13I2NO2/c1-2-14(11(15)16)7-6-8-4-3-5-9(12)10(8)13/h3-5H,2,6-7H2,1H3,(H,15,16)/p-1. The molecule has 0 unspecified atom stereocenters. The fourth-order valence-electron chi connectivity index (χ4n) is 1.38. The van der Waals surface area contributed by atoms with Crippen molar-refractivity contribution in [3.05, 3.63) is 30.9 Å². The van der Waals surface area contributed by atoms with Crippen molar-refractivity contribution in [2.24, 2.45) is 0 Å². The second-order valence-corrected chi connectivity index (χ2v) is 5.55. The third kappa shape index (κ3) is 3.76. The molecule has 0 fully saturated rings. The van der Waals surface area contributed by atoms with E-state index in [1.54, 1.807) is 0 Å². The van der Waals surface area contributed by atoms with Crippen LogP contribution in [-0.2, 0) is 6.42 Å². The number of halogens is 2. The van der Waals surface area contributed by atoms with Gasteiger partial charge in [-0.1, -0.05) is 12.1 Å². The van der Waals surface area contributed by atoms with Gasteiger partial charge in [-0.25, -0.2) is 0 Å². The van der Waals surface area contributed by atoms with E-state index in [9.17, 15) is 9.90 Å². The first-order valence-electron chi connectivity index (χ1n) is 4.95. The molecule has 0 aliphatic heterocycles. The molecule has 1 aromatic carbocycles. The monoisotopic (exact) mass is 444 g/mol. The van der Waals surface area contributed by atoms with Gasteiger partial charge in [0.1, 0.15) is 6.09 Å². The van der Waals surface area contributed by atoms with Crippen LogP contribution in [0.25, 0.3) is 0 Å². The summed E-state index contributed by atoms with van der Waals surface area (Å²) in [5, 5.41) is 10.7. The van der Waals surface area contributed by atoms with Crippen molar-refractivity contribution >= 4 is 51.3 Å². The van der Waals surface area contributed by atoms with Gasteiger partial charge in [-0.2, -0.15) is 0 Å². The minimum Gasteiger partial charge on any atom is -0.530 e. The predicted octanol–water partition coefficient (Wildman–Crippen LogP) is 2.10. The lowest BCUT2D eigenvalue weighted by Crippen LogP contribution is -2.42. The van der Waals surface area contributed by atoms with Crippen LogP contribution < -0.4 is 5.11 Å². The summed E-state index contributed by atoms with van der Waals surface area (Å²) in [5.41, 5.74) is 1.19. The molecule has 0 aliphatic rings. The molecule has 0 saturated heterocycles. The van der Waals surface area contributed by atoms with Crippen molar-refractivity contribution in [1.82, 2.24) is 4.90 Å². The van der Waals surface area contributed by atoms with Gasteiger partial charge in [-0.3, -0.25) is 0 Å². The second-order valence-electron chi connectivity index (χ2n) is 3.31. The molecular weight excluding hydrogens is 432 g/mol. The highest BCUT2D eigenvalue weighted by Crippen LogP contribution is 2.19. The molecule has 0 atom stereocenters. The SMILES string of the molecule is CCN(CCc1cccc(I)c1I)C(=O)[O-]. The molecule has 0 radical (unpaired) electrons. The van der Waals surface area contributed by atoms with E-state index in [4.69, 9.17) is 0 Å². The molecular formula is C11H12I2NO2-. The molecule has 0 N–H and O–H groups in total. The van der Waals surface area contributed by atoms with Crippen LogP contribution in [0.5, 0.6) is 0 Å². The lowest BCUT2D eigenvalue weighted by molar-refractivity contribution is -0.265. The number of hydrogen-bond acceptors (Lipinski definition) is 2. The number of carboxylic acid groups (broad SMARTS) is 1. The van der Waals surface area contributed by atoms with Crippen molar-refractivity contribution < 1.29 is 9.90 Å². The molecule has 0 spiro atoms. The maximum Gasteiger partial charge on any atom is 0.136 e. The Morgan fingerprint density at radius 1 is 1.44 bits per heavy atom. The van der Waals surface area contributed by atoms with Crippen LogP contribution in [0.1, 0.15) is 12.5 Å². The van der Waals surface area contributed by atoms with E-state index >= 15 is 0 Å². The Hall–Kier alpha value is -0.0500. The number of carbonyl (C=O) groups is 1. The van der Waals surface area contributed by atoms with Gasteiger partial charge < -0.3 is 14.8 Å². The van der Waals surface area contributed by atoms with Crippen molar-refractivity contribution in [1.29, 1.82) is 0 Å². The summed E-state index contributed by atoms with van der Waals surface area (Å²) in [6, 6.07) is 6.07. The average Bonchev–Trinajstić information content (AvgIpc) is 2.24. The molecule has 1 amide bonds. The van der Waals surface area contributed by atoms with Crippen LogP contribution in [0.15, 0.2) is 18.2 Å². The lowest BCUT2D eigenvalue weighted by Gasteiger charge is -2.23. The van der Waals surface area contributed by atoms with Crippen molar-refractivity contribution in [2.45, 2.75) is 13.3 Å². The van der Waals surface area contributed by atoms with Gasteiger partial charge in [0.2, 0.25) is 0 Å². The number of hydrogen-bond donors (Lipinski definition) is 0. The summed E-state index contributed by atoms with van der Waals surface area (Å²) in [7, 11) is 0. The number of likely N-dealkylation sites (N-methyl/N-ethyl adjacent to an activating group) is 1. The van der Waals surface area contributed by atoms with Crippen LogP contribution in [0, 0.1) is 7.14 Å². The predicted molar refractivity (Wildman–Crippen MR) is 78.2 cm³/mol. The molecule has 0 bridgehead atoms. The van der Waals surface area contributed by atoms with Gasteiger partial charge in [-0.05, 0) is 70.2 Å². The highest BCUT2D eigenvalue weighted by molar-refractivity contribution is 14.1. The topological polar surface area (TPSA) is 43.4 Å². The van der Waals surface area contributed by atoms with E-state index < -0.39 is 6.09 Å². The summed E-state index contributed by atoms with van der Waals surface area (Å²) in [6.45, 7) is 2.79. The first-order chi connectivity index (χ1) is 7.56. The van der Waals surface area contributed by atoms with E-state index in [0.717, 1.165) is 6.42 Å². The zero-order valence-corrected chi connectivity index (χ0v) is 13.2. The fraction of sp³-hybridized carbons (Fsp3) is 0.364. The quantitative estimate of drug-likeness (QED) is 0.669. The zero-order valence-electron chi connectivity index (χ0n) is 8.87. The molecule has 0 heterocycles. The van der Waals surface area contributed by atoms with E-state index in [0.29, 0.717) is 13.1 Å². The summed E-state index contributed by atoms with van der Waals surface area (Å²) in [4.78, 5) is 12.0. The summed E-state index contributed by atoms with van der Waals surface area (Å²) in [5.74, 6) is 0. The third-order valence-electron chi connectivity index (χ3n) is 2.32. The zero-order chi connectivity index (χ0) is 12.1. The Morgan fingerprint density at radius 2 is 2.12 bits per heavy atom. The number of rotatable bonds is 4. The van der Waals surface area contributed by atoms with Crippen molar-refractivity contribution in [3.63, 3.8) is 0 Å². The number of benzene rings is 1. The van der Waals surface area contributed by atoms with Crippen molar-refractivity contribution in [2.75, 3.05) is 13.1 Å². The Kier molecular flexibility index (Phi) is 5.81. The Bertz CT molecular complexity index is 382. The fourth-order valence-corrected chi connectivity index (χ4v) is 2.56. The molecule has 1 rings (SSSR count). The number of nitrogens with zero attached hydrogens (tertiary/aromatic N) is 1. The summed E-state index contributed by atoms with van der Waals surface area (Å²) >= 11 is 4.57. The summed E-state index contributed by atoms with van der Waals surface area (Å²) < 4.78 is 2.40. The van der Waals surface area contributed by atoms with Crippen molar-refractivity contribution in [3.8, 4) is 0 Å². The number of carbonyl (C=O) groups excluding carboxylic acids is 1. The van der Waals surface area contributed by atoms with E-state index in [1.165, 1.54) is 17.6 Å². The van der Waals surface area contributed by atoms with Gasteiger partial charge in [0.15, 0.2) is 0 Å². The van der Waals surface area contributed by atoms with Crippen LogP contribution in [0.3, 0.4) is 0 Å². The van der Waals surface area contributed by atoms with Gasteiger partial charge in [0.25, 0.3) is 0 Å². The average molecular weight is 444 g/mol. The second kappa shape index (κ2) is 6.63. The van der Waals surface area contributed by atoms with Gasteiger partial charge in [-0.15, -0.1) is 0 Å². The highest BCUT2D eigenvalue weighted by Gasteiger charge is 2.06. The maximum atomic E-state index is 10.7. The van der Waals surface area contributed by atoms with E-state index in [1.807, 2.05) is 25.1 Å². The minimum atomic E-state index is -1.09. The first kappa shape index (κ1) is 14.0. The molecule has 3 nitrogen and oxygen atoms in total. The molecule has 0 saturated carbocycles. The van der Waals surface area contributed by atoms with Crippen LogP contribution in [-0.4, -0.2) is 24.1 Å². The molecule has 88 valence electrons. The van der Waals surface area contributed by atoms with Gasteiger partial charge in [0.05, 0.1) is 0 Å². The Morgan fingerprint density at radius 3 is 2.69 bits per heavy atom. The normalized spacial score (nSPS) is 10.2. The van der Waals surface area contributed by atoms with E-state index in [-0.39, 0.29) is 0 Å². The molecule has 0 aromatic heterocycles. The molecule has 0 aliphatic carbocycles. The molecule has 1 aromatic rings. The lowest BCUT2D eigenvalue weighted by atomic mass is 10.1. The summed E-state index contributed by atoms with van der Waals surface area (Å²) in [6.07, 6.45) is -0.361. The molecule has 5 heteroatoms. The Labute approximate surface area is 122 Å². The molecule has 16 heavy (non-hydrogen) atoms. The van der Waals surface area contributed by atoms with E-state index in [2.05, 4.69) is 45.2 Å². The van der Waals surface area contributed by atoms with Gasteiger partial charge in [0, 0.05) is 20.2 Å². The largest absolute Gasteiger partial charge is 0.530 e. The van der Waals surface area contributed by atoms with Gasteiger partial charge >= 0.3 is 0 Å². The highest BCUT2D eigenvalue weighted by atomic mass is 127. The minimum absolute atomic E-state index is 0.475. The van der Waals surface area contributed by atoms with Crippen LogP contribution >= 0.6 is 45.2 Å². The third-order valence-corrected chi connectivity index (χ3v) is 5.53. The Balaban J connectivity index is 2.67. The first-order valence-corrected chi connectivity index (χ1v) is 7.10. The van der Waals surface area contributed by atoms with Crippen LogP contribution in [0.4, 0.5) is 4.79 Å². The van der Waals surface area contributed by atoms with Crippen LogP contribution in [0.2, 0.25) is 0 Å². The number of amides is 1. The smallest absolute Gasteiger partial charge is 0.136 e.